The highest BCUT2D eigenvalue weighted by atomic mass is 79.9. The molecule has 0 heterocycles. The lowest BCUT2D eigenvalue weighted by Crippen LogP contribution is -1.98. The van der Waals surface area contributed by atoms with Crippen LogP contribution in [0.15, 0.2) is 11.6 Å². The largest absolute Gasteiger partial charge is 0.392 e. The van der Waals surface area contributed by atoms with E-state index in [4.69, 9.17) is 5.11 Å². The van der Waals surface area contributed by atoms with Crippen LogP contribution in [-0.4, -0.2) is 16.5 Å². The molecule has 19 heavy (non-hydrogen) atoms. The van der Waals surface area contributed by atoms with Crippen molar-refractivity contribution in [3.63, 3.8) is 0 Å². The summed E-state index contributed by atoms with van der Waals surface area (Å²) in [6.45, 7) is 4.55. The summed E-state index contributed by atoms with van der Waals surface area (Å²) in [5.74, 6) is 0. The van der Waals surface area contributed by atoms with E-state index in [9.17, 15) is 0 Å². The molecular formula is C17H33BrO. The lowest BCUT2D eigenvalue weighted by Gasteiger charge is -2.09. The number of unbranched alkanes of at least 4 members (excludes halogenated alkanes) is 7. The zero-order valence-corrected chi connectivity index (χ0v) is 14.6. The van der Waals surface area contributed by atoms with Crippen molar-refractivity contribution in [2.45, 2.75) is 89.3 Å². The van der Waals surface area contributed by atoms with Crippen LogP contribution in [0.4, 0.5) is 0 Å². The summed E-state index contributed by atoms with van der Waals surface area (Å²) >= 11 is 3.77. The molecule has 0 aromatic carbocycles. The van der Waals surface area contributed by atoms with Gasteiger partial charge < -0.3 is 5.11 Å². The molecule has 0 radical (unpaired) electrons. The molecular weight excluding hydrogens is 300 g/mol. The molecule has 0 spiro atoms. The predicted octanol–water partition coefficient (Wildman–Crippen LogP) is 6.00. The standard InChI is InChI=1S/C17H33BrO/c1-3-4-5-6-7-8-9-10-11-17(18)13-12-16(2)14-15-19/h14,17,19H,3-13,15H2,1-2H3. The Bertz CT molecular complexity index is 213. The highest BCUT2D eigenvalue weighted by Gasteiger charge is 2.04. The monoisotopic (exact) mass is 332 g/mol. The van der Waals surface area contributed by atoms with Gasteiger partial charge in [-0.1, -0.05) is 85.9 Å². The number of rotatable bonds is 13. The minimum Gasteiger partial charge on any atom is -0.392 e. The van der Waals surface area contributed by atoms with Crippen LogP contribution in [0.5, 0.6) is 0 Å². The van der Waals surface area contributed by atoms with Gasteiger partial charge in [0.15, 0.2) is 0 Å². The second kappa shape index (κ2) is 14.6. The molecule has 0 rings (SSSR count). The van der Waals surface area contributed by atoms with Crippen molar-refractivity contribution in [1.82, 2.24) is 0 Å². The fourth-order valence-electron chi connectivity index (χ4n) is 2.29. The van der Waals surface area contributed by atoms with Crippen molar-refractivity contribution in [2.75, 3.05) is 6.61 Å². The SMILES string of the molecule is CCCCCCCCCCC(Br)CCC(C)=CCO. The molecule has 1 nitrogen and oxygen atoms in total. The summed E-state index contributed by atoms with van der Waals surface area (Å²) in [6.07, 6.45) is 16.7. The van der Waals surface area contributed by atoms with Crippen LogP contribution in [0, 0.1) is 0 Å². The Morgan fingerprint density at radius 2 is 1.58 bits per heavy atom. The number of hydrogen-bond acceptors (Lipinski definition) is 1. The smallest absolute Gasteiger partial charge is 0.0614 e. The van der Waals surface area contributed by atoms with Gasteiger partial charge in [-0.05, 0) is 26.2 Å². The summed E-state index contributed by atoms with van der Waals surface area (Å²) < 4.78 is 0. The Hall–Kier alpha value is 0.180. The minimum atomic E-state index is 0.177. The molecule has 1 unspecified atom stereocenters. The average molecular weight is 333 g/mol. The fourth-order valence-corrected chi connectivity index (χ4v) is 2.84. The van der Waals surface area contributed by atoms with E-state index in [0.717, 1.165) is 6.42 Å². The highest BCUT2D eigenvalue weighted by Crippen LogP contribution is 2.19. The first-order chi connectivity index (χ1) is 9.20. The predicted molar refractivity (Wildman–Crippen MR) is 90.0 cm³/mol. The van der Waals surface area contributed by atoms with E-state index < -0.39 is 0 Å². The lowest BCUT2D eigenvalue weighted by atomic mass is 10.0. The Morgan fingerprint density at radius 3 is 2.16 bits per heavy atom. The Labute approximate surface area is 129 Å². The zero-order valence-electron chi connectivity index (χ0n) is 13.0. The van der Waals surface area contributed by atoms with Crippen LogP contribution < -0.4 is 0 Å². The van der Waals surface area contributed by atoms with Gasteiger partial charge in [0.2, 0.25) is 0 Å². The van der Waals surface area contributed by atoms with Crippen LogP contribution in [0.3, 0.4) is 0 Å². The summed E-state index contributed by atoms with van der Waals surface area (Å²) in [5, 5.41) is 8.79. The van der Waals surface area contributed by atoms with E-state index in [2.05, 4.69) is 29.8 Å². The highest BCUT2D eigenvalue weighted by molar-refractivity contribution is 9.09. The third-order valence-corrected chi connectivity index (χ3v) is 4.58. The van der Waals surface area contributed by atoms with Gasteiger partial charge in [-0.25, -0.2) is 0 Å². The summed E-state index contributed by atoms with van der Waals surface area (Å²) in [6, 6.07) is 0. The maximum Gasteiger partial charge on any atom is 0.0614 e. The number of allylic oxidation sites excluding steroid dienone is 1. The molecule has 0 saturated heterocycles. The van der Waals surface area contributed by atoms with Gasteiger partial charge in [-0.2, -0.15) is 0 Å². The Balaban J connectivity index is 3.29. The van der Waals surface area contributed by atoms with Gasteiger partial charge in [0.05, 0.1) is 6.61 Å². The fraction of sp³-hybridized carbons (Fsp3) is 0.882. The van der Waals surface area contributed by atoms with E-state index in [1.54, 1.807) is 0 Å². The van der Waals surface area contributed by atoms with E-state index in [0.29, 0.717) is 4.83 Å². The molecule has 1 N–H and O–H groups in total. The molecule has 0 aromatic rings. The maximum atomic E-state index is 8.79. The molecule has 0 amide bonds. The second-order valence-corrected chi connectivity index (χ2v) is 6.93. The number of alkyl halides is 1. The van der Waals surface area contributed by atoms with Crippen LogP contribution in [-0.2, 0) is 0 Å². The van der Waals surface area contributed by atoms with E-state index in [1.165, 1.54) is 69.8 Å². The molecule has 0 aliphatic rings. The number of aliphatic hydroxyl groups excluding tert-OH is 1. The third kappa shape index (κ3) is 14.4. The van der Waals surface area contributed by atoms with Crippen LogP contribution in [0.1, 0.15) is 84.5 Å². The zero-order chi connectivity index (χ0) is 14.3. The van der Waals surface area contributed by atoms with Crippen molar-refractivity contribution in [3.05, 3.63) is 11.6 Å². The van der Waals surface area contributed by atoms with Gasteiger partial charge in [-0.3, -0.25) is 0 Å². The van der Waals surface area contributed by atoms with Crippen molar-refractivity contribution in [2.24, 2.45) is 0 Å². The molecule has 0 aliphatic heterocycles. The first-order valence-electron chi connectivity index (χ1n) is 8.11. The van der Waals surface area contributed by atoms with Crippen LogP contribution in [0.25, 0.3) is 0 Å². The van der Waals surface area contributed by atoms with E-state index in [1.807, 2.05) is 6.08 Å². The van der Waals surface area contributed by atoms with Gasteiger partial charge in [0, 0.05) is 4.83 Å². The second-order valence-electron chi connectivity index (χ2n) is 5.63. The van der Waals surface area contributed by atoms with Gasteiger partial charge in [0.1, 0.15) is 0 Å². The lowest BCUT2D eigenvalue weighted by molar-refractivity contribution is 0.341. The summed E-state index contributed by atoms with van der Waals surface area (Å²) in [4.78, 5) is 0.648. The maximum absolute atomic E-state index is 8.79. The molecule has 1 atom stereocenters. The normalized spacial score (nSPS) is 13.8. The minimum absolute atomic E-state index is 0.177. The first-order valence-corrected chi connectivity index (χ1v) is 9.02. The van der Waals surface area contributed by atoms with Crippen molar-refractivity contribution in [1.29, 1.82) is 0 Å². The quantitative estimate of drug-likeness (QED) is 0.249. The number of halogens is 1. The molecule has 0 bridgehead atoms. The van der Waals surface area contributed by atoms with Crippen LogP contribution >= 0.6 is 15.9 Å². The Kier molecular flexibility index (Phi) is 14.7. The third-order valence-electron chi connectivity index (χ3n) is 3.66. The Morgan fingerprint density at radius 1 is 1.00 bits per heavy atom. The molecule has 0 saturated carbocycles. The summed E-state index contributed by atoms with van der Waals surface area (Å²) in [7, 11) is 0. The van der Waals surface area contributed by atoms with Crippen LogP contribution in [0.2, 0.25) is 0 Å². The number of aliphatic hydroxyl groups is 1. The molecule has 114 valence electrons. The van der Waals surface area contributed by atoms with Gasteiger partial charge in [0.25, 0.3) is 0 Å². The summed E-state index contributed by atoms with van der Waals surface area (Å²) in [5.41, 5.74) is 1.31. The van der Waals surface area contributed by atoms with E-state index in [-0.39, 0.29) is 6.61 Å². The van der Waals surface area contributed by atoms with Crippen molar-refractivity contribution < 1.29 is 5.11 Å². The first kappa shape index (κ1) is 19.2. The van der Waals surface area contributed by atoms with Crippen molar-refractivity contribution in [3.8, 4) is 0 Å². The van der Waals surface area contributed by atoms with Crippen molar-refractivity contribution >= 4 is 15.9 Å². The molecule has 0 aromatic heterocycles. The number of hydrogen-bond donors (Lipinski definition) is 1. The average Bonchev–Trinajstić information content (AvgIpc) is 2.40. The topological polar surface area (TPSA) is 20.2 Å². The van der Waals surface area contributed by atoms with E-state index >= 15 is 0 Å². The van der Waals surface area contributed by atoms with Gasteiger partial charge in [-0.15, -0.1) is 0 Å². The molecule has 0 aliphatic carbocycles. The molecule has 2 heteroatoms. The van der Waals surface area contributed by atoms with Gasteiger partial charge >= 0.3 is 0 Å². The molecule has 0 fully saturated rings.